The Kier molecular flexibility index (Phi) is 3.77. The van der Waals surface area contributed by atoms with Crippen molar-refractivity contribution < 1.29 is 4.74 Å². The first-order chi connectivity index (χ1) is 8.60. The third-order valence-corrected chi connectivity index (χ3v) is 3.34. The number of anilines is 3. The van der Waals surface area contributed by atoms with Crippen molar-refractivity contribution in [1.82, 2.24) is 0 Å². The van der Waals surface area contributed by atoms with Gasteiger partial charge in [-0.2, -0.15) is 0 Å². The summed E-state index contributed by atoms with van der Waals surface area (Å²) in [5, 5.41) is 3.30. The number of nitrogen functional groups attached to an aromatic ring is 1. The van der Waals surface area contributed by atoms with Crippen molar-refractivity contribution in [3.63, 3.8) is 0 Å². The molecule has 0 unspecified atom stereocenters. The minimum Gasteiger partial charge on any atom is -0.496 e. The number of rotatable bonds is 3. The number of ether oxygens (including phenoxy) is 1. The molecule has 3 nitrogen and oxygen atoms in total. The standard InChI is InChI=1S/C14H15BrN2O/c1-9-3-4-11(8-13(9)16)17-10-5-6-14(18-2)12(15)7-10/h3-8,17H,16H2,1-2H3. The van der Waals surface area contributed by atoms with Crippen molar-refractivity contribution in [2.75, 3.05) is 18.2 Å². The first-order valence-corrected chi connectivity index (χ1v) is 6.36. The number of benzene rings is 2. The van der Waals surface area contributed by atoms with E-state index in [4.69, 9.17) is 10.5 Å². The van der Waals surface area contributed by atoms with E-state index in [1.165, 1.54) is 0 Å². The molecular weight excluding hydrogens is 292 g/mol. The monoisotopic (exact) mass is 306 g/mol. The van der Waals surface area contributed by atoms with E-state index in [9.17, 15) is 0 Å². The fraction of sp³-hybridized carbons (Fsp3) is 0.143. The Morgan fingerprint density at radius 1 is 1.11 bits per heavy atom. The summed E-state index contributed by atoms with van der Waals surface area (Å²) in [5.41, 5.74) is 9.69. The summed E-state index contributed by atoms with van der Waals surface area (Å²) in [6, 6.07) is 11.8. The molecule has 2 rings (SSSR count). The van der Waals surface area contributed by atoms with Crippen molar-refractivity contribution in [2.24, 2.45) is 0 Å². The summed E-state index contributed by atoms with van der Waals surface area (Å²) in [6.45, 7) is 1.99. The van der Waals surface area contributed by atoms with E-state index >= 15 is 0 Å². The SMILES string of the molecule is COc1ccc(Nc2ccc(C)c(N)c2)cc1Br. The molecule has 0 saturated carbocycles. The number of hydrogen-bond acceptors (Lipinski definition) is 3. The van der Waals surface area contributed by atoms with Crippen molar-refractivity contribution in [2.45, 2.75) is 6.92 Å². The van der Waals surface area contributed by atoms with Crippen LogP contribution < -0.4 is 15.8 Å². The number of nitrogens with two attached hydrogens (primary N) is 1. The van der Waals surface area contributed by atoms with Gasteiger partial charge in [0, 0.05) is 17.1 Å². The van der Waals surface area contributed by atoms with Gasteiger partial charge in [-0.1, -0.05) is 6.07 Å². The first kappa shape index (κ1) is 12.8. The van der Waals surface area contributed by atoms with Crippen LogP contribution in [-0.4, -0.2) is 7.11 Å². The van der Waals surface area contributed by atoms with E-state index in [1.807, 2.05) is 43.3 Å². The minimum absolute atomic E-state index is 0.785. The average Bonchev–Trinajstić information content (AvgIpc) is 2.34. The molecule has 3 N–H and O–H groups in total. The molecular formula is C14H15BrN2O. The highest BCUT2D eigenvalue weighted by Gasteiger charge is 2.02. The summed E-state index contributed by atoms with van der Waals surface area (Å²) >= 11 is 3.46. The molecule has 0 radical (unpaired) electrons. The summed E-state index contributed by atoms with van der Waals surface area (Å²) in [6.07, 6.45) is 0. The molecule has 2 aromatic carbocycles. The van der Waals surface area contributed by atoms with Gasteiger partial charge in [0.05, 0.1) is 11.6 Å². The number of hydrogen-bond donors (Lipinski definition) is 2. The third-order valence-electron chi connectivity index (χ3n) is 2.72. The Morgan fingerprint density at radius 3 is 2.39 bits per heavy atom. The number of nitrogens with one attached hydrogen (secondary N) is 1. The third kappa shape index (κ3) is 2.76. The van der Waals surface area contributed by atoms with Gasteiger partial charge in [0.15, 0.2) is 0 Å². The molecule has 0 amide bonds. The Bertz CT molecular complexity index is 570. The van der Waals surface area contributed by atoms with Gasteiger partial charge < -0.3 is 15.8 Å². The van der Waals surface area contributed by atoms with Crippen molar-refractivity contribution in [3.8, 4) is 5.75 Å². The maximum absolute atomic E-state index is 5.88. The van der Waals surface area contributed by atoms with Crippen LogP contribution in [0.4, 0.5) is 17.1 Å². The fourth-order valence-corrected chi connectivity index (χ4v) is 2.17. The lowest BCUT2D eigenvalue weighted by Crippen LogP contribution is -1.95. The van der Waals surface area contributed by atoms with Gasteiger partial charge in [-0.05, 0) is 58.7 Å². The molecule has 0 aromatic heterocycles. The second-order valence-electron chi connectivity index (χ2n) is 4.05. The van der Waals surface area contributed by atoms with Crippen LogP contribution in [0, 0.1) is 6.92 Å². The van der Waals surface area contributed by atoms with Crippen LogP contribution in [0.1, 0.15) is 5.56 Å². The summed E-state index contributed by atoms with van der Waals surface area (Å²) in [4.78, 5) is 0. The number of methoxy groups -OCH3 is 1. The average molecular weight is 307 g/mol. The Hall–Kier alpha value is -1.68. The Morgan fingerprint density at radius 2 is 1.78 bits per heavy atom. The molecule has 0 spiro atoms. The molecule has 0 atom stereocenters. The zero-order valence-corrected chi connectivity index (χ0v) is 11.9. The molecule has 2 aromatic rings. The maximum atomic E-state index is 5.88. The predicted octanol–water partition coefficient (Wildman–Crippen LogP) is 4.09. The maximum Gasteiger partial charge on any atom is 0.133 e. The van der Waals surface area contributed by atoms with Crippen LogP contribution in [0.15, 0.2) is 40.9 Å². The van der Waals surface area contributed by atoms with Crippen LogP contribution in [0.2, 0.25) is 0 Å². The van der Waals surface area contributed by atoms with E-state index in [1.54, 1.807) is 7.11 Å². The fourth-order valence-electron chi connectivity index (χ4n) is 1.63. The van der Waals surface area contributed by atoms with Crippen LogP contribution in [0.25, 0.3) is 0 Å². The van der Waals surface area contributed by atoms with Crippen LogP contribution >= 0.6 is 15.9 Å². The lowest BCUT2D eigenvalue weighted by molar-refractivity contribution is 0.412. The zero-order chi connectivity index (χ0) is 13.1. The van der Waals surface area contributed by atoms with Gasteiger partial charge in [0.2, 0.25) is 0 Å². The highest BCUT2D eigenvalue weighted by molar-refractivity contribution is 9.10. The largest absolute Gasteiger partial charge is 0.496 e. The number of aryl methyl sites for hydroxylation is 1. The van der Waals surface area contributed by atoms with E-state index < -0.39 is 0 Å². The van der Waals surface area contributed by atoms with E-state index in [0.29, 0.717) is 0 Å². The van der Waals surface area contributed by atoms with Gasteiger partial charge in [0.25, 0.3) is 0 Å². The second-order valence-corrected chi connectivity index (χ2v) is 4.90. The quantitative estimate of drug-likeness (QED) is 0.840. The van der Waals surface area contributed by atoms with E-state index in [2.05, 4.69) is 21.2 Å². The van der Waals surface area contributed by atoms with Crippen LogP contribution in [0.3, 0.4) is 0 Å². The van der Waals surface area contributed by atoms with Crippen LogP contribution in [0.5, 0.6) is 5.75 Å². The van der Waals surface area contributed by atoms with Gasteiger partial charge in [0.1, 0.15) is 5.75 Å². The lowest BCUT2D eigenvalue weighted by Gasteiger charge is -2.10. The number of halogens is 1. The topological polar surface area (TPSA) is 47.3 Å². The normalized spacial score (nSPS) is 10.2. The lowest BCUT2D eigenvalue weighted by atomic mass is 10.2. The van der Waals surface area contributed by atoms with Gasteiger partial charge in [-0.15, -0.1) is 0 Å². The van der Waals surface area contributed by atoms with Gasteiger partial charge in [-0.25, -0.2) is 0 Å². The highest BCUT2D eigenvalue weighted by atomic mass is 79.9. The molecule has 18 heavy (non-hydrogen) atoms. The minimum atomic E-state index is 0.785. The molecule has 0 fully saturated rings. The molecule has 4 heteroatoms. The van der Waals surface area contributed by atoms with Gasteiger partial charge >= 0.3 is 0 Å². The van der Waals surface area contributed by atoms with Crippen molar-refractivity contribution >= 4 is 33.0 Å². The summed E-state index contributed by atoms with van der Waals surface area (Å²) < 4.78 is 6.10. The van der Waals surface area contributed by atoms with Crippen LogP contribution in [-0.2, 0) is 0 Å². The molecule has 0 heterocycles. The molecule has 0 aliphatic rings. The zero-order valence-electron chi connectivity index (χ0n) is 10.3. The summed E-state index contributed by atoms with van der Waals surface area (Å²) in [7, 11) is 1.65. The Labute approximate surface area is 115 Å². The predicted molar refractivity (Wildman–Crippen MR) is 79.6 cm³/mol. The van der Waals surface area contributed by atoms with E-state index in [-0.39, 0.29) is 0 Å². The Balaban J connectivity index is 2.23. The molecule has 94 valence electrons. The van der Waals surface area contributed by atoms with Gasteiger partial charge in [-0.3, -0.25) is 0 Å². The van der Waals surface area contributed by atoms with Crippen molar-refractivity contribution in [3.05, 3.63) is 46.4 Å². The molecule has 0 aliphatic carbocycles. The smallest absolute Gasteiger partial charge is 0.133 e. The molecule has 0 saturated heterocycles. The molecule has 0 aliphatic heterocycles. The second kappa shape index (κ2) is 5.31. The van der Waals surface area contributed by atoms with E-state index in [0.717, 1.165) is 32.8 Å². The van der Waals surface area contributed by atoms with Crippen molar-refractivity contribution in [1.29, 1.82) is 0 Å². The first-order valence-electron chi connectivity index (χ1n) is 5.57. The molecule has 0 bridgehead atoms. The highest BCUT2D eigenvalue weighted by Crippen LogP contribution is 2.29. The summed E-state index contributed by atoms with van der Waals surface area (Å²) in [5.74, 6) is 0.809.